The highest BCUT2D eigenvalue weighted by Crippen LogP contribution is 2.33. The summed E-state index contributed by atoms with van der Waals surface area (Å²) in [4.78, 5) is 45.0. The van der Waals surface area contributed by atoms with Crippen molar-refractivity contribution in [1.82, 2.24) is 14.7 Å². The van der Waals surface area contributed by atoms with Gasteiger partial charge in [0.05, 0.1) is 54.7 Å². The minimum atomic E-state index is -0.593. The van der Waals surface area contributed by atoms with Crippen molar-refractivity contribution < 1.29 is 28.2 Å². The van der Waals surface area contributed by atoms with Gasteiger partial charge in [-0.3, -0.25) is 19.4 Å². The molecule has 0 bridgehead atoms. The first kappa shape index (κ1) is 33.6. The molecule has 12 heteroatoms. The number of hydrogen-bond acceptors (Lipinski definition) is 8. The van der Waals surface area contributed by atoms with Crippen LogP contribution in [0.4, 0.5) is 10.1 Å². The number of rotatable bonds is 10. The fourth-order valence-electron chi connectivity index (χ4n) is 7.65. The molecule has 1 aliphatic carbocycles. The number of likely N-dealkylation sites (tertiary alicyclic amines) is 2. The molecule has 4 heterocycles. The number of halogens is 2. The first-order valence-corrected chi connectivity index (χ1v) is 18.3. The fraction of sp³-hybridized carbons (Fsp3) is 0.528. The van der Waals surface area contributed by atoms with E-state index in [1.54, 1.807) is 5.38 Å². The number of fused-ring (bicyclic) bond motifs is 1. The first-order valence-electron chi connectivity index (χ1n) is 17.0. The Morgan fingerprint density at radius 1 is 1.04 bits per heavy atom. The summed E-state index contributed by atoms with van der Waals surface area (Å²) in [7, 11) is 0. The molecule has 48 heavy (non-hydrogen) atoms. The predicted octanol–water partition coefficient (Wildman–Crippen LogP) is 5.25. The normalized spacial score (nSPS) is 25.7. The molecular formula is C36H42ClFN4O5S. The van der Waals surface area contributed by atoms with E-state index in [2.05, 4.69) is 15.1 Å². The van der Waals surface area contributed by atoms with Gasteiger partial charge < -0.3 is 24.5 Å². The number of aldehydes is 1. The van der Waals surface area contributed by atoms with E-state index < -0.39 is 5.82 Å². The molecule has 2 aromatic carbocycles. The lowest BCUT2D eigenvalue weighted by molar-refractivity contribution is -0.133. The Morgan fingerprint density at radius 3 is 2.58 bits per heavy atom. The second-order valence-corrected chi connectivity index (χ2v) is 14.9. The van der Waals surface area contributed by atoms with Gasteiger partial charge in [0, 0.05) is 66.2 Å². The molecule has 4 fully saturated rings. The van der Waals surface area contributed by atoms with Gasteiger partial charge in [-0.15, -0.1) is 11.3 Å². The van der Waals surface area contributed by atoms with Gasteiger partial charge in [-0.05, 0) is 55.9 Å². The van der Waals surface area contributed by atoms with Crippen molar-refractivity contribution in [3.8, 4) is 0 Å². The van der Waals surface area contributed by atoms with E-state index in [0.29, 0.717) is 24.8 Å². The largest absolute Gasteiger partial charge is 0.379 e. The monoisotopic (exact) mass is 696 g/mol. The lowest BCUT2D eigenvalue weighted by Crippen LogP contribution is -2.64. The van der Waals surface area contributed by atoms with Crippen LogP contribution in [0.5, 0.6) is 0 Å². The Kier molecular flexibility index (Phi) is 10.4. The first-order chi connectivity index (χ1) is 23.4. The second-order valence-electron chi connectivity index (χ2n) is 13.6. The molecule has 2 amide bonds. The highest BCUT2D eigenvalue weighted by molar-refractivity contribution is 7.17. The Balaban J connectivity index is 1.01. The molecule has 7 rings (SSSR count). The number of carbonyl (C=O) groups excluding carboxylic acids is 3. The smallest absolute Gasteiger partial charge is 0.257 e. The molecule has 3 aromatic rings. The maximum atomic E-state index is 15.5. The molecule has 4 aliphatic rings. The number of carbonyl (C=O) groups is 3. The zero-order valence-electron chi connectivity index (χ0n) is 27.0. The van der Waals surface area contributed by atoms with Crippen LogP contribution in [0.25, 0.3) is 10.1 Å². The lowest BCUT2D eigenvalue weighted by atomic mass is 9.88. The Morgan fingerprint density at radius 2 is 1.81 bits per heavy atom. The van der Waals surface area contributed by atoms with Crippen molar-refractivity contribution in [1.29, 1.82) is 0 Å². The number of amides is 2. The summed E-state index contributed by atoms with van der Waals surface area (Å²) in [6.45, 7) is 6.38. The number of nitrogens with one attached hydrogen (secondary N) is 1. The third-order valence-corrected chi connectivity index (χ3v) is 11.8. The van der Waals surface area contributed by atoms with E-state index in [0.717, 1.165) is 87.9 Å². The minimum Gasteiger partial charge on any atom is -0.379 e. The third kappa shape index (κ3) is 7.32. The van der Waals surface area contributed by atoms with Crippen molar-refractivity contribution in [3.05, 3.63) is 63.7 Å². The van der Waals surface area contributed by atoms with Crippen molar-refractivity contribution >= 4 is 56.8 Å². The van der Waals surface area contributed by atoms with Gasteiger partial charge in [-0.25, -0.2) is 4.39 Å². The van der Waals surface area contributed by atoms with E-state index in [1.165, 1.54) is 23.5 Å². The summed E-state index contributed by atoms with van der Waals surface area (Å²) in [6.07, 6.45) is 5.15. The van der Waals surface area contributed by atoms with Gasteiger partial charge >= 0.3 is 0 Å². The number of benzene rings is 2. The third-order valence-electron chi connectivity index (χ3n) is 10.6. The van der Waals surface area contributed by atoms with Gasteiger partial charge in [-0.2, -0.15) is 0 Å². The van der Waals surface area contributed by atoms with Crippen LogP contribution in [-0.2, 0) is 25.5 Å². The van der Waals surface area contributed by atoms with Crippen LogP contribution in [0.2, 0.25) is 5.02 Å². The van der Waals surface area contributed by atoms with Crippen LogP contribution in [0.3, 0.4) is 0 Å². The number of thiophene rings is 1. The Hall–Kier alpha value is -2.93. The zero-order valence-corrected chi connectivity index (χ0v) is 28.5. The number of hydrogen-bond donors (Lipinski definition) is 1. The van der Waals surface area contributed by atoms with Crippen molar-refractivity contribution in [2.24, 2.45) is 5.92 Å². The van der Waals surface area contributed by atoms with Crippen LogP contribution >= 0.6 is 22.9 Å². The van der Waals surface area contributed by atoms with Crippen molar-refractivity contribution in [3.63, 3.8) is 0 Å². The summed E-state index contributed by atoms with van der Waals surface area (Å²) >= 11 is 8.02. The molecule has 256 valence electrons. The standard InChI is InChI=1S/C36H42ClFN4O5S/c37-31-13-24(32(38)16-33(31)39-36(45)30-22-48-34-4-2-1-3-29(30)34)14-35(44)42-19-25(41-17-27(18-41)40-9-11-46-12-10-40)15-26(42)21-47-28-7-5-23(20-43)6-8-28/h1-4,13,16,20,22-23,25-28H,5-12,14-15,17-19,21H2,(H,39,45)/t23?,25-,26-,28?/m0/s1. The highest BCUT2D eigenvalue weighted by Gasteiger charge is 2.44. The summed E-state index contributed by atoms with van der Waals surface area (Å²) < 4.78 is 28.4. The van der Waals surface area contributed by atoms with E-state index in [1.807, 2.05) is 29.2 Å². The average Bonchev–Trinajstić information content (AvgIpc) is 3.71. The molecule has 0 radical (unpaired) electrons. The minimum absolute atomic E-state index is 0.0815. The number of nitrogens with zero attached hydrogens (tertiary/aromatic N) is 3. The van der Waals surface area contributed by atoms with Gasteiger partial charge in [0.15, 0.2) is 0 Å². The van der Waals surface area contributed by atoms with Crippen LogP contribution in [0.1, 0.15) is 48.0 Å². The van der Waals surface area contributed by atoms with Gasteiger partial charge in [0.1, 0.15) is 12.1 Å². The molecule has 1 aromatic heterocycles. The maximum Gasteiger partial charge on any atom is 0.257 e. The van der Waals surface area contributed by atoms with E-state index in [4.69, 9.17) is 21.1 Å². The van der Waals surface area contributed by atoms with Crippen LogP contribution in [0, 0.1) is 11.7 Å². The van der Waals surface area contributed by atoms with Gasteiger partial charge in [0.25, 0.3) is 5.91 Å². The summed E-state index contributed by atoms with van der Waals surface area (Å²) in [6, 6.07) is 10.9. The van der Waals surface area contributed by atoms with Gasteiger partial charge in [-0.1, -0.05) is 29.8 Å². The van der Waals surface area contributed by atoms with E-state index >= 15 is 4.39 Å². The fourth-order valence-corrected chi connectivity index (χ4v) is 8.82. The van der Waals surface area contributed by atoms with Crippen LogP contribution in [0.15, 0.2) is 41.8 Å². The summed E-state index contributed by atoms with van der Waals surface area (Å²) in [5.41, 5.74) is 0.851. The Labute approximate surface area is 289 Å². The van der Waals surface area contributed by atoms with E-state index in [9.17, 15) is 14.4 Å². The quantitative estimate of drug-likeness (QED) is 0.290. The average molecular weight is 697 g/mol. The predicted molar refractivity (Wildman–Crippen MR) is 184 cm³/mol. The molecule has 3 aliphatic heterocycles. The van der Waals surface area contributed by atoms with E-state index in [-0.39, 0.29) is 58.6 Å². The molecule has 2 atom stereocenters. The van der Waals surface area contributed by atoms with Crippen molar-refractivity contribution in [2.75, 3.05) is 57.9 Å². The second kappa shape index (κ2) is 14.9. The number of ether oxygens (including phenoxy) is 2. The molecule has 3 saturated heterocycles. The van der Waals surface area contributed by atoms with Gasteiger partial charge in [0.2, 0.25) is 5.91 Å². The summed E-state index contributed by atoms with van der Waals surface area (Å²) in [5.74, 6) is -1.02. The molecule has 9 nitrogen and oxygen atoms in total. The zero-order chi connectivity index (χ0) is 33.2. The Bertz CT molecular complexity index is 1640. The number of morpholine rings is 1. The molecule has 0 unspecified atom stereocenters. The SMILES string of the molecule is O=CC1CCC(OC[C@@H]2C[C@H](N3CC(N4CCOCC4)C3)CN2C(=O)Cc2cc(Cl)c(NC(=O)c3csc4ccccc34)cc2F)CC1. The molecule has 1 saturated carbocycles. The summed E-state index contributed by atoms with van der Waals surface area (Å²) in [5, 5.41) is 5.52. The lowest BCUT2D eigenvalue weighted by Gasteiger charge is -2.49. The molecule has 1 N–H and O–H groups in total. The molecule has 0 spiro atoms. The number of anilines is 1. The maximum absolute atomic E-state index is 15.5. The highest BCUT2D eigenvalue weighted by atomic mass is 35.5. The van der Waals surface area contributed by atoms with Crippen molar-refractivity contribution in [2.45, 2.75) is 62.8 Å². The molecular weight excluding hydrogens is 655 g/mol. The van der Waals surface area contributed by atoms with Crippen LogP contribution < -0.4 is 5.32 Å². The topological polar surface area (TPSA) is 91.4 Å². The van der Waals surface area contributed by atoms with Crippen LogP contribution in [-0.4, -0.2) is 110 Å².